The van der Waals surface area contributed by atoms with Crippen LogP contribution in [0.4, 0.5) is 5.69 Å². The van der Waals surface area contributed by atoms with E-state index in [1.165, 1.54) is 6.92 Å². The molecular formula is C12H12N2O3. The Morgan fingerprint density at radius 2 is 2.18 bits per heavy atom. The Bertz CT molecular complexity index is 496. The van der Waals surface area contributed by atoms with Crippen LogP contribution in [0.5, 0.6) is 0 Å². The number of esters is 1. The van der Waals surface area contributed by atoms with Gasteiger partial charge in [-0.2, -0.15) is 0 Å². The Labute approximate surface area is 98.3 Å². The minimum absolute atomic E-state index is 0.0668. The summed E-state index contributed by atoms with van der Waals surface area (Å²) < 4.78 is 4.82. The van der Waals surface area contributed by atoms with Crippen LogP contribution in [0.3, 0.4) is 0 Å². The van der Waals surface area contributed by atoms with Crippen molar-refractivity contribution in [1.82, 2.24) is 0 Å². The Morgan fingerprint density at radius 3 is 2.76 bits per heavy atom. The molecule has 0 spiro atoms. The molecule has 1 aromatic carbocycles. The fourth-order valence-corrected chi connectivity index (χ4v) is 1.81. The number of rotatable bonds is 2. The van der Waals surface area contributed by atoms with Gasteiger partial charge in [-0.3, -0.25) is 10.2 Å². The van der Waals surface area contributed by atoms with Gasteiger partial charge in [-0.25, -0.2) is 4.79 Å². The second-order valence-corrected chi connectivity index (χ2v) is 3.83. The van der Waals surface area contributed by atoms with Crippen molar-refractivity contribution in [2.24, 2.45) is 0 Å². The SMILES string of the molecule is CC(=O)Nc1ccccc1[C@@H]1COC(=O)C1=N. The van der Waals surface area contributed by atoms with Crippen LogP contribution in [0.1, 0.15) is 18.4 Å². The third kappa shape index (κ3) is 2.18. The van der Waals surface area contributed by atoms with Gasteiger partial charge in [0.2, 0.25) is 5.91 Å². The number of hydrogen-bond acceptors (Lipinski definition) is 4. The molecule has 1 aliphatic heterocycles. The molecule has 0 unspecified atom stereocenters. The average Bonchev–Trinajstić information content (AvgIpc) is 2.60. The van der Waals surface area contributed by atoms with Gasteiger partial charge in [0.25, 0.3) is 0 Å². The number of hydrogen-bond donors (Lipinski definition) is 2. The van der Waals surface area contributed by atoms with E-state index < -0.39 is 11.9 Å². The first kappa shape index (κ1) is 11.3. The topological polar surface area (TPSA) is 79.2 Å². The predicted octanol–water partition coefficient (Wildman–Crippen LogP) is 1.31. The van der Waals surface area contributed by atoms with Crippen molar-refractivity contribution in [3.8, 4) is 0 Å². The minimum atomic E-state index is -0.590. The summed E-state index contributed by atoms with van der Waals surface area (Å²) in [4.78, 5) is 22.2. The van der Waals surface area contributed by atoms with Crippen LogP contribution in [0.15, 0.2) is 24.3 Å². The second-order valence-electron chi connectivity index (χ2n) is 3.83. The van der Waals surface area contributed by atoms with E-state index in [0.29, 0.717) is 5.69 Å². The number of nitrogens with one attached hydrogen (secondary N) is 2. The molecule has 0 bridgehead atoms. The van der Waals surface area contributed by atoms with Crippen LogP contribution in [0.25, 0.3) is 0 Å². The molecule has 1 saturated heterocycles. The minimum Gasteiger partial charge on any atom is -0.460 e. The van der Waals surface area contributed by atoms with Gasteiger partial charge in [0.1, 0.15) is 12.3 Å². The highest BCUT2D eigenvalue weighted by atomic mass is 16.5. The Kier molecular flexibility index (Phi) is 2.91. The second kappa shape index (κ2) is 4.37. The molecule has 5 nitrogen and oxygen atoms in total. The Hall–Kier alpha value is -2.17. The van der Waals surface area contributed by atoms with E-state index in [9.17, 15) is 9.59 Å². The normalized spacial score (nSPS) is 19.0. The molecule has 1 fully saturated rings. The summed E-state index contributed by atoms with van der Waals surface area (Å²) in [5.41, 5.74) is 1.29. The summed E-state index contributed by atoms with van der Waals surface area (Å²) in [7, 11) is 0. The first-order valence-electron chi connectivity index (χ1n) is 5.21. The standard InChI is InChI=1S/C12H12N2O3/c1-7(15)14-10-5-3-2-4-8(10)9-6-17-12(16)11(9)13/h2-5,9,13H,6H2,1H3,(H,14,15)/t9-/m0/s1. The largest absolute Gasteiger partial charge is 0.460 e. The quantitative estimate of drug-likeness (QED) is 0.754. The molecule has 2 rings (SSSR count). The molecule has 17 heavy (non-hydrogen) atoms. The van der Waals surface area contributed by atoms with Gasteiger partial charge in [-0.05, 0) is 11.6 Å². The maximum atomic E-state index is 11.2. The zero-order valence-electron chi connectivity index (χ0n) is 9.32. The number of carbonyl (C=O) groups is 2. The third-order valence-electron chi connectivity index (χ3n) is 2.60. The van der Waals surface area contributed by atoms with Crippen LogP contribution in [-0.4, -0.2) is 24.2 Å². The summed E-state index contributed by atoms with van der Waals surface area (Å²) in [6.07, 6.45) is 0. The number of para-hydroxylation sites is 1. The molecule has 1 amide bonds. The number of carbonyl (C=O) groups excluding carboxylic acids is 2. The smallest absolute Gasteiger partial charge is 0.352 e. The van der Waals surface area contributed by atoms with Crippen molar-refractivity contribution in [3.05, 3.63) is 29.8 Å². The fourth-order valence-electron chi connectivity index (χ4n) is 1.81. The number of amides is 1. The maximum Gasteiger partial charge on any atom is 0.352 e. The molecule has 88 valence electrons. The van der Waals surface area contributed by atoms with Gasteiger partial charge >= 0.3 is 5.97 Å². The van der Waals surface area contributed by atoms with Crippen LogP contribution >= 0.6 is 0 Å². The van der Waals surface area contributed by atoms with Crippen molar-refractivity contribution >= 4 is 23.3 Å². The third-order valence-corrected chi connectivity index (χ3v) is 2.60. The van der Waals surface area contributed by atoms with Crippen molar-refractivity contribution in [3.63, 3.8) is 0 Å². The zero-order chi connectivity index (χ0) is 12.4. The molecule has 0 saturated carbocycles. The van der Waals surface area contributed by atoms with Gasteiger partial charge in [-0.15, -0.1) is 0 Å². The predicted molar refractivity (Wildman–Crippen MR) is 62.2 cm³/mol. The first-order chi connectivity index (χ1) is 8.09. The summed E-state index contributed by atoms with van der Waals surface area (Å²) in [6.45, 7) is 1.58. The molecule has 0 aliphatic carbocycles. The van der Waals surface area contributed by atoms with Crippen LogP contribution < -0.4 is 5.32 Å². The monoisotopic (exact) mass is 232 g/mol. The highest BCUT2D eigenvalue weighted by Crippen LogP contribution is 2.29. The van der Waals surface area contributed by atoms with Crippen molar-refractivity contribution in [2.75, 3.05) is 11.9 Å². The Balaban J connectivity index is 2.35. The number of anilines is 1. The van der Waals surface area contributed by atoms with E-state index in [0.717, 1.165) is 5.56 Å². The molecule has 1 atom stereocenters. The van der Waals surface area contributed by atoms with Gasteiger partial charge in [-0.1, -0.05) is 18.2 Å². The van der Waals surface area contributed by atoms with Gasteiger partial charge in [0.15, 0.2) is 0 Å². The van der Waals surface area contributed by atoms with Gasteiger partial charge < -0.3 is 10.1 Å². The molecule has 1 aromatic rings. The lowest BCUT2D eigenvalue weighted by atomic mass is 9.95. The lowest BCUT2D eigenvalue weighted by Gasteiger charge is -2.13. The molecule has 5 heteroatoms. The summed E-state index contributed by atoms with van der Waals surface area (Å²) in [6, 6.07) is 7.12. The highest BCUT2D eigenvalue weighted by molar-refractivity contribution is 6.39. The lowest BCUT2D eigenvalue weighted by molar-refractivity contribution is -0.132. The van der Waals surface area contributed by atoms with Crippen molar-refractivity contribution in [2.45, 2.75) is 12.8 Å². The van der Waals surface area contributed by atoms with Gasteiger partial charge in [0, 0.05) is 12.6 Å². The number of cyclic esters (lactones) is 1. The van der Waals surface area contributed by atoms with E-state index in [1.54, 1.807) is 24.3 Å². The number of ether oxygens (including phenoxy) is 1. The first-order valence-corrected chi connectivity index (χ1v) is 5.21. The molecule has 0 radical (unpaired) electrons. The fraction of sp³-hybridized carbons (Fsp3) is 0.250. The summed E-state index contributed by atoms with van der Waals surface area (Å²) >= 11 is 0. The highest BCUT2D eigenvalue weighted by Gasteiger charge is 2.33. The lowest BCUT2D eigenvalue weighted by Crippen LogP contribution is -2.15. The maximum absolute atomic E-state index is 11.2. The summed E-state index contributed by atoms with van der Waals surface area (Å²) in [5, 5.41) is 10.3. The molecule has 2 N–H and O–H groups in total. The average molecular weight is 232 g/mol. The van der Waals surface area contributed by atoms with Crippen LogP contribution in [-0.2, 0) is 14.3 Å². The van der Waals surface area contributed by atoms with Crippen LogP contribution in [0.2, 0.25) is 0 Å². The van der Waals surface area contributed by atoms with Gasteiger partial charge in [0.05, 0.1) is 5.92 Å². The molecular weight excluding hydrogens is 220 g/mol. The Morgan fingerprint density at radius 1 is 1.47 bits per heavy atom. The van der Waals surface area contributed by atoms with E-state index in [1.807, 2.05) is 0 Å². The van der Waals surface area contributed by atoms with E-state index in [2.05, 4.69) is 5.32 Å². The van der Waals surface area contributed by atoms with E-state index in [4.69, 9.17) is 10.1 Å². The van der Waals surface area contributed by atoms with Crippen LogP contribution in [0, 0.1) is 5.41 Å². The van der Waals surface area contributed by atoms with E-state index >= 15 is 0 Å². The van der Waals surface area contributed by atoms with E-state index in [-0.39, 0.29) is 18.2 Å². The molecule has 0 aromatic heterocycles. The molecule has 1 heterocycles. The summed E-state index contributed by atoms with van der Waals surface area (Å²) in [5.74, 6) is -1.17. The number of benzene rings is 1. The zero-order valence-corrected chi connectivity index (χ0v) is 9.32. The van der Waals surface area contributed by atoms with Crippen molar-refractivity contribution in [1.29, 1.82) is 5.41 Å². The molecule has 1 aliphatic rings. The van der Waals surface area contributed by atoms with Crippen molar-refractivity contribution < 1.29 is 14.3 Å².